The van der Waals surface area contributed by atoms with Gasteiger partial charge in [0.2, 0.25) is 10.0 Å². The fraction of sp³-hybridized carbons (Fsp3) is 0.167. The first-order chi connectivity index (χ1) is 12.4. The van der Waals surface area contributed by atoms with Gasteiger partial charge in [-0.25, -0.2) is 18.1 Å². The SMILES string of the molecule is COc1ccc(S(=O)(=O)NC(C)c2ccc(-n3ccnc3)cc2)cc1Br. The van der Waals surface area contributed by atoms with Crippen LogP contribution in [0.4, 0.5) is 0 Å². The summed E-state index contributed by atoms with van der Waals surface area (Å²) in [4.78, 5) is 4.19. The molecule has 0 saturated carbocycles. The summed E-state index contributed by atoms with van der Waals surface area (Å²) in [7, 11) is -2.13. The number of halogens is 1. The Morgan fingerprint density at radius 3 is 2.50 bits per heavy atom. The van der Waals surface area contributed by atoms with Gasteiger partial charge in [0.25, 0.3) is 0 Å². The molecule has 8 heteroatoms. The van der Waals surface area contributed by atoms with Crippen LogP contribution in [0.5, 0.6) is 5.75 Å². The molecule has 6 nitrogen and oxygen atoms in total. The number of hydrogen-bond acceptors (Lipinski definition) is 4. The Kier molecular flexibility index (Phi) is 5.45. The van der Waals surface area contributed by atoms with Crippen LogP contribution >= 0.6 is 15.9 Å². The molecule has 0 spiro atoms. The highest BCUT2D eigenvalue weighted by molar-refractivity contribution is 9.10. The van der Waals surface area contributed by atoms with E-state index in [0.29, 0.717) is 10.2 Å². The quantitative estimate of drug-likeness (QED) is 0.640. The largest absolute Gasteiger partial charge is 0.496 e. The van der Waals surface area contributed by atoms with Gasteiger partial charge in [-0.3, -0.25) is 0 Å². The molecule has 3 aromatic rings. The molecule has 136 valence electrons. The lowest BCUT2D eigenvalue weighted by Crippen LogP contribution is -2.26. The Morgan fingerprint density at radius 2 is 1.92 bits per heavy atom. The molecule has 1 heterocycles. The predicted molar refractivity (Wildman–Crippen MR) is 103 cm³/mol. The summed E-state index contributed by atoms with van der Waals surface area (Å²) >= 11 is 3.31. The van der Waals surface area contributed by atoms with Gasteiger partial charge < -0.3 is 9.30 Å². The summed E-state index contributed by atoms with van der Waals surface area (Å²) in [6, 6.07) is 11.9. The molecule has 26 heavy (non-hydrogen) atoms. The van der Waals surface area contributed by atoms with E-state index in [9.17, 15) is 8.42 Å². The number of rotatable bonds is 6. The van der Waals surface area contributed by atoms with Gasteiger partial charge in [0.15, 0.2) is 0 Å². The zero-order valence-electron chi connectivity index (χ0n) is 14.3. The molecule has 3 rings (SSSR count). The number of methoxy groups -OCH3 is 1. The predicted octanol–water partition coefficient (Wildman–Crippen LogP) is 3.68. The first-order valence-corrected chi connectivity index (χ1v) is 10.1. The van der Waals surface area contributed by atoms with Crippen molar-refractivity contribution in [1.29, 1.82) is 0 Å². The summed E-state index contributed by atoms with van der Waals surface area (Å²) in [5, 5.41) is 0. The Morgan fingerprint density at radius 1 is 1.19 bits per heavy atom. The zero-order valence-corrected chi connectivity index (χ0v) is 16.7. The topological polar surface area (TPSA) is 73.2 Å². The molecule has 1 aromatic heterocycles. The summed E-state index contributed by atoms with van der Waals surface area (Å²) in [5.74, 6) is 0.576. The number of nitrogens with zero attached hydrogens (tertiary/aromatic N) is 2. The molecule has 0 aliphatic heterocycles. The summed E-state index contributed by atoms with van der Waals surface area (Å²) < 4.78 is 35.6. The highest BCUT2D eigenvalue weighted by atomic mass is 79.9. The van der Waals surface area contributed by atoms with Gasteiger partial charge in [0, 0.05) is 24.1 Å². The molecule has 0 radical (unpaired) electrons. The molecule has 2 aromatic carbocycles. The number of nitrogens with one attached hydrogen (secondary N) is 1. The second-order valence-electron chi connectivity index (χ2n) is 5.70. The van der Waals surface area contributed by atoms with Gasteiger partial charge in [-0.2, -0.15) is 0 Å². The van der Waals surface area contributed by atoms with E-state index in [0.717, 1.165) is 11.3 Å². The van der Waals surface area contributed by atoms with Crippen molar-refractivity contribution in [2.45, 2.75) is 17.9 Å². The van der Waals surface area contributed by atoms with Crippen LogP contribution in [0.2, 0.25) is 0 Å². The molecular weight excluding hydrogens is 418 g/mol. The van der Waals surface area contributed by atoms with Crippen molar-refractivity contribution >= 4 is 26.0 Å². The van der Waals surface area contributed by atoms with Crippen molar-refractivity contribution in [3.05, 3.63) is 71.2 Å². The number of hydrogen-bond donors (Lipinski definition) is 1. The van der Waals surface area contributed by atoms with Crippen molar-refractivity contribution in [1.82, 2.24) is 14.3 Å². The third kappa shape index (κ3) is 3.98. The van der Waals surface area contributed by atoms with Crippen molar-refractivity contribution in [3.63, 3.8) is 0 Å². The van der Waals surface area contributed by atoms with E-state index < -0.39 is 10.0 Å². The average molecular weight is 436 g/mol. The van der Waals surface area contributed by atoms with Gasteiger partial charge in [0.1, 0.15) is 5.75 Å². The lowest BCUT2D eigenvalue weighted by molar-refractivity contribution is 0.411. The molecule has 0 bridgehead atoms. The lowest BCUT2D eigenvalue weighted by atomic mass is 10.1. The molecule has 1 N–H and O–H groups in total. The molecule has 1 atom stereocenters. The van der Waals surface area contributed by atoms with Crippen molar-refractivity contribution in [2.24, 2.45) is 0 Å². The summed E-state index contributed by atoms with van der Waals surface area (Å²) in [6.07, 6.45) is 5.27. The number of benzene rings is 2. The monoisotopic (exact) mass is 435 g/mol. The van der Waals surface area contributed by atoms with E-state index in [1.807, 2.05) is 42.0 Å². The third-order valence-electron chi connectivity index (χ3n) is 3.96. The molecule has 0 fully saturated rings. The van der Waals surface area contributed by atoms with Crippen LogP contribution in [0.3, 0.4) is 0 Å². The number of aromatic nitrogens is 2. The summed E-state index contributed by atoms with van der Waals surface area (Å²) in [5.41, 5.74) is 1.82. The average Bonchev–Trinajstić information content (AvgIpc) is 3.16. The van der Waals surface area contributed by atoms with Crippen LogP contribution in [-0.4, -0.2) is 25.1 Å². The van der Waals surface area contributed by atoms with Crippen molar-refractivity contribution in [2.75, 3.05) is 7.11 Å². The molecule has 0 amide bonds. The van der Waals surface area contributed by atoms with Gasteiger partial charge in [-0.1, -0.05) is 12.1 Å². The van der Waals surface area contributed by atoms with Gasteiger partial charge in [-0.15, -0.1) is 0 Å². The van der Waals surface area contributed by atoms with Crippen LogP contribution in [0.15, 0.2) is 70.6 Å². The Hall–Kier alpha value is -2.16. The zero-order chi connectivity index (χ0) is 18.7. The van der Waals surface area contributed by atoms with E-state index in [4.69, 9.17) is 4.74 Å². The Labute approximate surface area is 161 Å². The lowest BCUT2D eigenvalue weighted by Gasteiger charge is -2.16. The van der Waals surface area contributed by atoms with Crippen LogP contribution in [-0.2, 0) is 10.0 Å². The van der Waals surface area contributed by atoms with E-state index in [2.05, 4.69) is 25.6 Å². The van der Waals surface area contributed by atoms with Gasteiger partial charge >= 0.3 is 0 Å². The van der Waals surface area contributed by atoms with Crippen LogP contribution in [0, 0.1) is 0 Å². The van der Waals surface area contributed by atoms with E-state index >= 15 is 0 Å². The minimum atomic E-state index is -3.66. The van der Waals surface area contributed by atoms with E-state index in [1.54, 1.807) is 18.6 Å². The Balaban J connectivity index is 1.78. The van der Waals surface area contributed by atoms with Crippen LogP contribution < -0.4 is 9.46 Å². The van der Waals surface area contributed by atoms with Crippen LogP contribution in [0.1, 0.15) is 18.5 Å². The fourth-order valence-corrected chi connectivity index (χ4v) is 4.48. The smallest absolute Gasteiger partial charge is 0.241 e. The molecule has 0 aliphatic rings. The van der Waals surface area contributed by atoms with Crippen LogP contribution in [0.25, 0.3) is 5.69 Å². The highest BCUT2D eigenvalue weighted by Gasteiger charge is 2.19. The number of ether oxygens (including phenoxy) is 1. The molecule has 0 aliphatic carbocycles. The van der Waals surface area contributed by atoms with Gasteiger partial charge in [0.05, 0.1) is 22.8 Å². The molecule has 1 unspecified atom stereocenters. The second-order valence-corrected chi connectivity index (χ2v) is 8.27. The highest BCUT2D eigenvalue weighted by Crippen LogP contribution is 2.28. The van der Waals surface area contributed by atoms with Gasteiger partial charge in [-0.05, 0) is 58.7 Å². The van der Waals surface area contributed by atoms with Crippen molar-refractivity contribution in [3.8, 4) is 11.4 Å². The number of imidazole rings is 1. The maximum atomic E-state index is 12.6. The minimum absolute atomic E-state index is 0.173. The van der Waals surface area contributed by atoms with E-state index in [1.165, 1.54) is 19.2 Å². The fourth-order valence-electron chi connectivity index (χ4n) is 2.53. The maximum absolute atomic E-state index is 12.6. The summed E-state index contributed by atoms with van der Waals surface area (Å²) in [6.45, 7) is 1.81. The minimum Gasteiger partial charge on any atom is -0.496 e. The number of sulfonamides is 1. The van der Waals surface area contributed by atoms with E-state index in [-0.39, 0.29) is 10.9 Å². The first-order valence-electron chi connectivity index (χ1n) is 7.85. The maximum Gasteiger partial charge on any atom is 0.241 e. The Bertz CT molecular complexity index is 987. The second kappa shape index (κ2) is 7.61. The first kappa shape index (κ1) is 18.6. The normalized spacial score (nSPS) is 12.7. The third-order valence-corrected chi connectivity index (χ3v) is 6.12. The van der Waals surface area contributed by atoms with Crippen molar-refractivity contribution < 1.29 is 13.2 Å². The standard InChI is InChI=1S/C18H18BrN3O3S/c1-13(14-3-5-15(6-4-14)22-10-9-20-12-22)21-26(23,24)16-7-8-18(25-2)17(19)11-16/h3-13,21H,1-2H3. The molecule has 0 saturated heterocycles. The molecular formula is C18H18BrN3O3S.